The van der Waals surface area contributed by atoms with Crippen molar-refractivity contribution in [3.8, 4) is 0 Å². The molecule has 138 valence electrons. The largest absolute Gasteiger partial charge is 0.465 e. The summed E-state index contributed by atoms with van der Waals surface area (Å²) in [6, 6.07) is 7.35. The topological polar surface area (TPSA) is 58.6 Å². The van der Waals surface area contributed by atoms with Gasteiger partial charge < -0.3 is 15.0 Å². The van der Waals surface area contributed by atoms with Gasteiger partial charge in [-0.2, -0.15) is 0 Å². The standard InChI is InChI=1S/C18H17ClF2N2O3/c1-10(11-6-4-5-7-13(11)19)23(2)18(25)22-16-8-12(17(24)26-3)14(20)9-15(16)21/h4-10H,1-3H3,(H,22,25). The highest BCUT2D eigenvalue weighted by Crippen LogP contribution is 2.27. The van der Waals surface area contributed by atoms with Crippen LogP contribution in [0.2, 0.25) is 5.02 Å². The van der Waals surface area contributed by atoms with E-state index in [0.717, 1.165) is 13.2 Å². The van der Waals surface area contributed by atoms with Crippen LogP contribution in [0.1, 0.15) is 28.9 Å². The van der Waals surface area contributed by atoms with Gasteiger partial charge in [0.1, 0.15) is 11.6 Å². The maximum absolute atomic E-state index is 14.0. The molecule has 0 aliphatic rings. The lowest BCUT2D eigenvalue weighted by Crippen LogP contribution is -2.34. The number of methoxy groups -OCH3 is 1. The summed E-state index contributed by atoms with van der Waals surface area (Å²) in [6.07, 6.45) is 0. The van der Waals surface area contributed by atoms with Crippen LogP contribution in [0.15, 0.2) is 36.4 Å². The van der Waals surface area contributed by atoms with E-state index in [9.17, 15) is 18.4 Å². The first-order valence-electron chi connectivity index (χ1n) is 7.61. The SMILES string of the molecule is COC(=O)c1cc(NC(=O)N(C)C(C)c2ccccc2Cl)c(F)cc1F. The zero-order valence-electron chi connectivity index (χ0n) is 14.3. The molecule has 1 unspecified atom stereocenters. The van der Waals surface area contributed by atoms with Crippen LogP contribution in [0.5, 0.6) is 0 Å². The van der Waals surface area contributed by atoms with Crippen LogP contribution in [0.4, 0.5) is 19.3 Å². The predicted molar refractivity (Wildman–Crippen MR) is 94.3 cm³/mol. The van der Waals surface area contributed by atoms with E-state index in [2.05, 4.69) is 10.1 Å². The molecule has 0 bridgehead atoms. The maximum atomic E-state index is 14.0. The summed E-state index contributed by atoms with van der Waals surface area (Å²) in [4.78, 5) is 25.3. The molecule has 0 heterocycles. The van der Waals surface area contributed by atoms with Gasteiger partial charge in [-0.1, -0.05) is 29.8 Å². The van der Waals surface area contributed by atoms with Gasteiger partial charge in [-0.25, -0.2) is 18.4 Å². The van der Waals surface area contributed by atoms with Crippen molar-refractivity contribution >= 4 is 29.3 Å². The first-order chi connectivity index (χ1) is 12.3. The summed E-state index contributed by atoms with van der Waals surface area (Å²) in [5.74, 6) is -3.07. The van der Waals surface area contributed by atoms with E-state index in [4.69, 9.17) is 11.6 Å². The van der Waals surface area contributed by atoms with Gasteiger partial charge in [-0.3, -0.25) is 0 Å². The second kappa shape index (κ2) is 8.14. The van der Waals surface area contributed by atoms with Crippen molar-refractivity contribution in [1.29, 1.82) is 0 Å². The smallest absolute Gasteiger partial charge is 0.340 e. The average Bonchev–Trinajstić information content (AvgIpc) is 2.62. The fourth-order valence-electron chi connectivity index (χ4n) is 2.31. The minimum Gasteiger partial charge on any atom is -0.465 e. The number of hydrogen-bond acceptors (Lipinski definition) is 3. The van der Waals surface area contributed by atoms with Crippen LogP contribution in [0.3, 0.4) is 0 Å². The summed E-state index contributed by atoms with van der Waals surface area (Å²) in [6.45, 7) is 1.75. The van der Waals surface area contributed by atoms with E-state index in [1.807, 2.05) is 0 Å². The molecule has 0 saturated heterocycles. The average molecular weight is 383 g/mol. The van der Waals surface area contributed by atoms with Crippen molar-refractivity contribution in [2.45, 2.75) is 13.0 Å². The molecule has 0 aliphatic carbocycles. The lowest BCUT2D eigenvalue weighted by molar-refractivity contribution is 0.0595. The fourth-order valence-corrected chi connectivity index (χ4v) is 2.61. The molecule has 0 fully saturated rings. The number of carbonyl (C=O) groups is 2. The molecule has 2 rings (SSSR count). The summed E-state index contributed by atoms with van der Waals surface area (Å²) in [5.41, 5.74) is -0.109. The minimum absolute atomic E-state index is 0.338. The van der Waals surface area contributed by atoms with Crippen LogP contribution >= 0.6 is 11.6 Å². The van der Waals surface area contributed by atoms with Crippen molar-refractivity contribution in [3.05, 3.63) is 64.2 Å². The molecule has 26 heavy (non-hydrogen) atoms. The Labute approximate surface area is 154 Å². The van der Waals surface area contributed by atoms with Crippen LogP contribution in [-0.4, -0.2) is 31.1 Å². The van der Waals surface area contributed by atoms with Crippen LogP contribution in [0.25, 0.3) is 0 Å². The number of nitrogens with zero attached hydrogens (tertiary/aromatic N) is 1. The number of anilines is 1. The Balaban J connectivity index is 2.24. The van der Waals surface area contributed by atoms with Crippen molar-refractivity contribution in [2.75, 3.05) is 19.5 Å². The highest BCUT2D eigenvalue weighted by molar-refractivity contribution is 6.31. The van der Waals surface area contributed by atoms with Gasteiger partial charge in [0.15, 0.2) is 0 Å². The first kappa shape index (κ1) is 19.7. The Hall–Kier alpha value is -2.67. The lowest BCUT2D eigenvalue weighted by atomic mass is 10.1. The molecule has 2 amide bonds. The summed E-state index contributed by atoms with van der Waals surface area (Å²) in [7, 11) is 2.58. The van der Waals surface area contributed by atoms with Crippen molar-refractivity contribution in [3.63, 3.8) is 0 Å². The van der Waals surface area contributed by atoms with E-state index in [0.29, 0.717) is 16.7 Å². The van der Waals surface area contributed by atoms with Gasteiger partial charge in [0.05, 0.1) is 24.4 Å². The molecule has 1 atom stereocenters. The fraction of sp³-hybridized carbons (Fsp3) is 0.222. The number of halogens is 3. The number of ether oxygens (including phenoxy) is 1. The zero-order chi connectivity index (χ0) is 19.4. The Morgan fingerprint density at radius 3 is 2.46 bits per heavy atom. The molecule has 1 N–H and O–H groups in total. The van der Waals surface area contributed by atoms with Crippen LogP contribution in [-0.2, 0) is 4.74 Å². The lowest BCUT2D eigenvalue weighted by Gasteiger charge is -2.26. The van der Waals surface area contributed by atoms with Crippen LogP contribution < -0.4 is 5.32 Å². The third-order valence-electron chi connectivity index (χ3n) is 3.96. The molecule has 2 aromatic rings. The third kappa shape index (κ3) is 4.11. The van der Waals surface area contributed by atoms with Crippen molar-refractivity contribution in [1.82, 2.24) is 4.90 Å². The number of nitrogens with one attached hydrogen (secondary N) is 1. The number of benzene rings is 2. The number of urea groups is 1. The maximum Gasteiger partial charge on any atom is 0.340 e. The minimum atomic E-state index is -1.08. The molecule has 0 aliphatic heterocycles. The highest BCUT2D eigenvalue weighted by atomic mass is 35.5. The molecule has 0 saturated carbocycles. The number of hydrogen-bond donors (Lipinski definition) is 1. The number of rotatable bonds is 4. The van der Waals surface area contributed by atoms with Crippen molar-refractivity contribution < 1.29 is 23.1 Å². The molecular weight excluding hydrogens is 366 g/mol. The molecule has 0 radical (unpaired) electrons. The highest BCUT2D eigenvalue weighted by Gasteiger charge is 2.22. The summed E-state index contributed by atoms with van der Waals surface area (Å²) in [5, 5.41) is 2.81. The Bertz CT molecular complexity index is 845. The Morgan fingerprint density at radius 2 is 1.85 bits per heavy atom. The summed E-state index contributed by atoms with van der Waals surface area (Å²) < 4.78 is 32.1. The molecule has 8 heteroatoms. The van der Waals surface area contributed by atoms with Gasteiger partial charge in [0.2, 0.25) is 0 Å². The second-order valence-corrected chi connectivity index (χ2v) is 5.95. The number of carbonyl (C=O) groups excluding carboxylic acids is 2. The monoisotopic (exact) mass is 382 g/mol. The normalized spacial score (nSPS) is 11.6. The van der Waals surface area contributed by atoms with Gasteiger partial charge in [-0.05, 0) is 24.6 Å². The van der Waals surface area contributed by atoms with Gasteiger partial charge in [-0.15, -0.1) is 0 Å². The van der Waals surface area contributed by atoms with Gasteiger partial charge >= 0.3 is 12.0 Å². The third-order valence-corrected chi connectivity index (χ3v) is 4.30. The van der Waals surface area contributed by atoms with Gasteiger partial charge in [0.25, 0.3) is 0 Å². The predicted octanol–water partition coefficient (Wildman–Crippen LogP) is 4.63. The number of esters is 1. The summed E-state index contributed by atoms with van der Waals surface area (Å²) >= 11 is 6.13. The zero-order valence-corrected chi connectivity index (χ0v) is 15.1. The van der Waals surface area contributed by atoms with E-state index < -0.39 is 35.2 Å². The second-order valence-electron chi connectivity index (χ2n) is 5.54. The Kier molecular flexibility index (Phi) is 6.15. The van der Waals surface area contributed by atoms with Crippen molar-refractivity contribution in [2.24, 2.45) is 0 Å². The molecular formula is C18H17ClF2N2O3. The number of amides is 2. The molecule has 0 spiro atoms. The van der Waals surface area contributed by atoms with E-state index >= 15 is 0 Å². The Morgan fingerprint density at radius 1 is 1.19 bits per heavy atom. The van der Waals surface area contributed by atoms with E-state index in [1.165, 1.54) is 11.9 Å². The van der Waals surface area contributed by atoms with E-state index in [-0.39, 0.29) is 5.69 Å². The quantitative estimate of drug-likeness (QED) is 0.784. The molecule has 5 nitrogen and oxygen atoms in total. The first-order valence-corrected chi connectivity index (χ1v) is 7.99. The van der Waals surface area contributed by atoms with Crippen LogP contribution in [0, 0.1) is 11.6 Å². The van der Waals surface area contributed by atoms with E-state index in [1.54, 1.807) is 31.2 Å². The molecule has 0 aromatic heterocycles. The van der Waals surface area contributed by atoms with Gasteiger partial charge in [0, 0.05) is 18.1 Å². The molecule has 2 aromatic carbocycles.